The Morgan fingerprint density at radius 2 is 1.68 bits per heavy atom. The fourth-order valence-electron chi connectivity index (χ4n) is 2.98. The molecule has 168 valence electrons. The minimum atomic E-state index is -3.74. The van der Waals surface area contributed by atoms with Crippen LogP contribution < -0.4 is 9.62 Å². The van der Waals surface area contributed by atoms with Crippen LogP contribution in [0.2, 0.25) is 0 Å². The van der Waals surface area contributed by atoms with Gasteiger partial charge in [-0.1, -0.05) is 50.1 Å². The van der Waals surface area contributed by atoms with Crippen molar-refractivity contribution in [1.29, 1.82) is 0 Å². The van der Waals surface area contributed by atoms with Gasteiger partial charge in [0.1, 0.15) is 12.6 Å². The number of halogens is 2. The molecular formula is C21H25Br2N3O4S. The minimum Gasteiger partial charge on any atom is -0.355 e. The van der Waals surface area contributed by atoms with Gasteiger partial charge in [0.05, 0.1) is 11.9 Å². The van der Waals surface area contributed by atoms with E-state index >= 15 is 0 Å². The van der Waals surface area contributed by atoms with Crippen molar-refractivity contribution < 1.29 is 18.0 Å². The zero-order chi connectivity index (χ0) is 23.2. The van der Waals surface area contributed by atoms with E-state index in [9.17, 15) is 18.0 Å². The summed E-state index contributed by atoms with van der Waals surface area (Å²) >= 11 is 6.74. The van der Waals surface area contributed by atoms with Crippen LogP contribution in [0, 0.1) is 0 Å². The van der Waals surface area contributed by atoms with Crippen LogP contribution in [0.5, 0.6) is 0 Å². The van der Waals surface area contributed by atoms with Gasteiger partial charge in [0.15, 0.2) is 0 Å². The second-order valence-electron chi connectivity index (χ2n) is 6.97. The van der Waals surface area contributed by atoms with Crippen LogP contribution in [0.3, 0.4) is 0 Å². The summed E-state index contributed by atoms with van der Waals surface area (Å²) < 4.78 is 27.5. The Morgan fingerprint density at radius 1 is 1.06 bits per heavy atom. The molecule has 0 saturated heterocycles. The number of benzene rings is 2. The van der Waals surface area contributed by atoms with E-state index in [0.29, 0.717) is 16.7 Å². The number of carbonyl (C=O) groups excluding carboxylic acids is 2. The molecule has 0 spiro atoms. The van der Waals surface area contributed by atoms with Crippen molar-refractivity contribution >= 4 is 59.4 Å². The van der Waals surface area contributed by atoms with Crippen LogP contribution in [0.4, 0.5) is 5.69 Å². The van der Waals surface area contributed by atoms with Crippen LogP contribution in [0.15, 0.2) is 57.5 Å². The number of rotatable bonds is 9. The Morgan fingerprint density at radius 3 is 2.23 bits per heavy atom. The van der Waals surface area contributed by atoms with E-state index in [1.54, 1.807) is 38.1 Å². The monoisotopic (exact) mass is 573 g/mol. The Kier molecular flexibility index (Phi) is 9.08. The van der Waals surface area contributed by atoms with Crippen molar-refractivity contribution in [3.63, 3.8) is 0 Å². The molecule has 0 aliphatic heterocycles. The average Bonchev–Trinajstić information content (AvgIpc) is 2.69. The summed E-state index contributed by atoms with van der Waals surface area (Å²) in [4.78, 5) is 27.2. The first-order valence-electron chi connectivity index (χ1n) is 9.57. The van der Waals surface area contributed by atoms with Gasteiger partial charge in [0, 0.05) is 22.0 Å². The first-order chi connectivity index (χ1) is 14.5. The second-order valence-corrected chi connectivity index (χ2v) is 10.7. The molecule has 10 heteroatoms. The smallest absolute Gasteiger partial charge is 0.244 e. The summed E-state index contributed by atoms with van der Waals surface area (Å²) in [6.07, 6.45) is 1.05. The highest BCUT2D eigenvalue weighted by molar-refractivity contribution is 9.10. The number of amides is 2. The summed E-state index contributed by atoms with van der Waals surface area (Å²) in [5.41, 5.74) is 1.17. The molecule has 1 unspecified atom stereocenters. The van der Waals surface area contributed by atoms with Crippen molar-refractivity contribution in [2.45, 2.75) is 26.4 Å². The normalized spacial score (nSPS) is 12.2. The molecule has 1 atom stereocenters. The Hall–Kier alpha value is -1.91. The summed E-state index contributed by atoms with van der Waals surface area (Å²) in [5.74, 6) is -0.789. The Bertz CT molecular complexity index is 1050. The molecule has 0 radical (unpaired) electrons. The SMILES string of the molecule is CCNC(=O)C(C)N(Cc1cccc(Br)c1)C(=O)CN(c1cccc(Br)c1)S(C)(=O)=O. The molecule has 0 heterocycles. The number of carbonyl (C=O) groups is 2. The van der Waals surface area contributed by atoms with Crippen molar-refractivity contribution in [2.24, 2.45) is 0 Å². The average molecular weight is 575 g/mol. The Labute approximate surface area is 200 Å². The van der Waals surface area contributed by atoms with E-state index in [2.05, 4.69) is 37.2 Å². The molecule has 0 bridgehead atoms. The number of nitrogens with one attached hydrogen (secondary N) is 1. The molecule has 7 nitrogen and oxygen atoms in total. The fourth-order valence-corrected chi connectivity index (χ4v) is 4.66. The summed E-state index contributed by atoms with van der Waals surface area (Å²) in [7, 11) is -3.74. The topological polar surface area (TPSA) is 86.8 Å². The van der Waals surface area contributed by atoms with Crippen LogP contribution in [0.25, 0.3) is 0 Å². The zero-order valence-corrected chi connectivity index (χ0v) is 21.5. The lowest BCUT2D eigenvalue weighted by atomic mass is 10.1. The molecule has 0 aliphatic rings. The highest BCUT2D eigenvalue weighted by Gasteiger charge is 2.30. The van der Waals surface area contributed by atoms with Crippen LogP contribution in [0.1, 0.15) is 19.4 Å². The Balaban J connectivity index is 2.38. The van der Waals surface area contributed by atoms with E-state index in [1.165, 1.54) is 4.90 Å². The van der Waals surface area contributed by atoms with Gasteiger partial charge in [-0.25, -0.2) is 8.42 Å². The maximum absolute atomic E-state index is 13.3. The number of likely N-dealkylation sites (N-methyl/N-ethyl adjacent to an activating group) is 1. The predicted octanol–water partition coefficient (Wildman–Crippen LogP) is 3.53. The molecule has 1 N–H and O–H groups in total. The van der Waals surface area contributed by atoms with Gasteiger partial charge in [-0.15, -0.1) is 0 Å². The number of anilines is 1. The van der Waals surface area contributed by atoms with E-state index in [4.69, 9.17) is 0 Å². The van der Waals surface area contributed by atoms with Crippen LogP contribution in [-0.2, 0) is 26.2 Å². The number of hydrogen-bond donors (Lipinski definition) is 1. The van der Waals surface area contributed by atoms with Gasteiger partial charge >= 0.3 is 0 Å². The lowest BCUT2D eigenvalue weighted by Crippen LogP contribution is -2.51. The number of hydrogen-bond acceptors (Lipinski definition) is 4. The van der Waals surface area contributed by atoms with Gasteiger partial charge in [0.25, 0.3) is 0 Å². The first-order valence-corrected chi connectivity index (χ1v) is 13.0. The molecule has 0 fully saturated rings. The second kappa shape index (κ2) is 11.1. The van der Waals surface area contributed by atoms with Crippen molar-refractivity contribution in [3.8, 4) is 0 Å². The van der Waals surface area contributed by atoms with E-state index in [-0.39, 0.29) is 12.5 Å². The van der Waals surface area contributed by atoms with Gasteiger partial charge in [-0.3, -0.25) is 13.9 Å². The maximum Gasteiger partial charge on any atom is 0.244 e. The summed E-state index contributed by atoms with van der Waals surface area (Å²) in [6.45, 7) is 3.59. The van der Waals surface area contributed by atoms with E-state index in [0.717, 1.165) is 20.6 Å². The van der Waals surface area contributed by atoms with Gasteiger partial charge in [-0.05, 0) is 49.7 Å². The third-order valence-electron chi connectivity index (χ3n) is 4.54. The minimum absolute atomic E-state index is 0.159. The van der Waals surface area contributed by atoms with Crippen molar-refractivity contribution in [2.75, 3.05) is 23.7 Å². The van der Waals surface area contributed by atoms with Crippen LogP contribution in [-0.4, -0.2) is 50.5 Å². The molecule has 31 heavy (non-hydrogen) atoms. The third kappa shape index (κ3) is 7.33. The molecule has 2 amide bonds. The molecule has 2 aromatic rings. The van der Waals surface area contributed by atoms with E-state index < -0.39 is 28.5 Å². The molecule has 2 aromatic carbocycles. The largest absolute Gasteiger partial charge is 0.355 e. The van der Waals surface area contributed by atoms with Gasteiger partial charge in [-0.2, -0.15) is 0 Å². The zero-order valence-electron chi connectivity index (χ0n) is 17.5. The third-order valence-corrected chi connectivity index (χ3v) is 6.66. The maximum atomic E-state index is 13.3. The number of nitrogens with zero attached hydrogens (tertiary/aromatic N) is 2. The lowest BCUT2D eigenvalue weighted by Gasteiger charge is -2.31. The molecule has 2 rings (SSSR count). The van der Waals surface area contributed by atoms with Crippen LogP contribution >= 0.6 is 31.9 Å². The quantitative estimate of drug-likeness (QED) is 0.496. The standard InChI is InChI=1S/C21H25Br2N3O4S/c1-4-24-21(28)15(2)25(13-16-7-5-8-17(22)11-16)20(27)14-26(31(3,29)30)19-10-6-9-18(23)12-19/h5-12,15H,4,13-14H2,1-3H3,(H,24,28). The lowest BCUT2D eigenvalue weighted by molar-refractivity contribution is -0.139. The molecular weight excluding hydrogens is 550 g/mol. The highest BCUT2D eigenvalue weighted by Crippen LogP contribution is 2.23. The van der Waals surface area contributed by atoms with Crippen molar-refractivity contribution in [3.05, 3.63) is 63.0 Å². The van der Waals surface area contributed by atoms with Crippen molar-refractivity contribution in [1.82, 2.24) is 10.2 Å². The molecule has 0 saturated carbocycles. The summed E-state index contributed by atoms with van der Waals surface area (Å²) in [5, 5.41) is 2.72. The predicted molar refractivity (Wildman–Crippen MR) is 129 cm³/mol. The van der Waals surface area contributed by atoms with Gasteiger partial charge in [0.2, 0.25) is 21.8 Å². The first kappa shape index (κ1) is 25.4. The fraction of sp³-hybridized carbons (Fsp3) is 0.333. The molecule has 0 aromatic heterocycles. The summed E-state index contributed by atoms with van der Waals surface area (Å²) in [6, 6.07) is 13.3. The highest BCUT2D eigenvalue weighted by atomic mass is 79.9. The number of sulfonamides is 1. The molecule has 0 aliphatic carbocycles. The van der Waals surface area contributed by atoms with Gasteiger partial charge < -0.3 is 10.2 Å². The van der Waals surface area contributed by atoms with E-state index in [1.807, 2.05) is 24.3 Å².